The number of amides is 1. The van der Waals surface area contributed by atoms with Crippen molar-refractivity contribution >= 4 is 44.9 Å². The minimum atomic E-state index is -3.64. The van der Waals surface area contributed by atoms with E-state index in [1.54, 1.807) is 40.5 Å². The van der Waals surface area contributed by atoms with Crippen LogP contribution in [-0.2, 0) is 14.8 Å². The SMILES string of the molecule is O=C(/C=C/c1ccsc1)N1CCN(S(=O)(=O)c2ccccc2Cl)CC1. The fourth-order valence-corrected chi connectivity index (χ4v) is 5.13. The molecule has 1 saturated heterocycles. The van der Waals surface area contributed by atoms with Crippen LogP contribution in [0.3, 0.4) is 0 Å². The zero-order chi connectivity index (χ0) is 17.9. The van der Waals surface area contributed by atoms with Crippen LogP contribution in [0.25, 0.3) is 6.08 Å². The summed E-state index contributed by atoms with van der Waals surface area (Å²) in [6.45, 7) is 1.23. The highest BCUT2D eigenvalue weighted by molar-refractivity contribution is 7.89. The fourth-order valence-electron chi connectivity index (χ4n) is 2.58. The zero-order valence-electron chi connectivity index (χ0n) is 13.3. The molecule has 5 nitrogen and oxygen atoms in total. The van der Waals surface area contributed by atoms with Gasteiger partial charge in [0.15, 0.2) is 0 Å². The molecule has 0 unspecified atom stereocenters. The average molecular weight is 397 g/mol. The summed E-state index contributed by atoms with van der Waals surface area (Å²) in [6.07, 6.45) is 3.30. The van der Waals surface area contributed by atoms with E-state index in [1.165, 1.54) is 16.4 Å². The molecular formula is C17H17ClN2O3S2. The molecule has 0 saturated carbocycles. The fraction of sp³-hybridized carbons (Fsp3) is 0.235. The molecule has 8 heteroatoms. The Balaban J connectivity index is 1.63. The number of benzene rings is 1. The molecule has 0 aliphatic carbocycles. The second-order valence-corrected chi connectivity index (χ2v) is 8.64. The van der Waals surface area contributed by atoms with Gasteiger partial charge in [0.05, 0.1) is 5.02 Å². The van der Waals surface area contributed by atoms with E-state index >= 15 is 0 Å². The first-order chi connectivity index (χ1) is 12.0. The van der Waals surface area contributed by atoms with Gasteiger partial charge in [0.1, 0.15) is 4.90 Å². The van der Waals surface area contributed by atoms with E-state index in [1.807, 2.05) is 16.8 Å². The van der Waals surface area contributed by atoms with E-state index in [-0.39, 0.29) is 28.9 Å². The predicted octanol–water partition coefficient (Wildman–Crippen LogP) is 2.95. The van der Waals surface area contributed by atoms with Crippen molar-refractivity contribution in [2.24, 2.45) is 0 Å². The van der Waals surface area contributed by atoms with Gasteiger partial charge in [-0.15, -0.1) is 0 Å². The summed E-state index contributed by atoms with van der Waals surface area (Å²) < 4.78 is 26.8. The van der Waals surface area contributed by atoms with Crippen molar-refractivity contribution in [2.75, 3.05) is 26.2 Å². The molecular weight excluding hydrogens is 380 g/mol. The number of carbonyl (C=O) groups is 1. The van der Waals surface area contributed by atoms with Gasteiger partial charge in [0.2, 0.25) is 15.9 Å². The van der Waals surface area contributed by atoms with Crippen molar-refractivity contribution in [3.63, 3.8) is 0 Å². The van der Waals surface area contributed by atoms with Gasteiger partial charge in [0.25, 0.3) is 0 Å². The van der Waals surface area contributed by atoms with E-state index in [0.29, 0.717) is 13.1 Å². The Bertz CT molecular complexity index is 871. The molecule has 0 bridgehead atoms. The summed E-state index contributed by atoms with van der Waals surface area (Å²) in [6, 6.07) is 8.33. The van der Waals surface area contributed by atoms with Gasteiger partial charge in [-0.1, -0.05) is 23.7 Å². The lowest BCUT2D eigenvalue weighted by Crippen LogP contribution is -2.50. The maximum Gasteiger partial charge on any atom is 0.246 e. The summed E-state index contributed by atoms with van der Waals surface area (Å²) in [5, 5.41) is 4.11. The van der Waals surface area contributed by atoms with Crippen LogP contribution in [0.15, 0.2) is 52.1 Å². The smallest absolute Gasteiger partial charge is 0.246 e. The molecule has 25 heavy (non-hydrogen) atoms. The van der Waals surface area contributed by atoms with Crippen LogP contribution in [-0.4, -0.2) is 49.7 Å². The number of hydrogen-bond acceptors (Lipinski definition) is 4. The molecule has 2 aromatic rings. The van der Waals surface area contributed by atoms with Crippen molar-refractivity contribution in [3.05, 3.63) is 57.8 Å². The lowest BCUT2D eigenvalue weighted by Gasteiger charge is -2.33. The second kappa shape index (κ2) is 7.70. The topological polar surface area (TPSA) is 57.7 Å². The quantitative estimate of drug-likeness (QED) is 0.746. The molecule has 0 N–H and O–H groups in total. The van der Waals surface area contributed by atoms with Crippen molar-refractivity contribution in [1.82, 2.24) is 9.21 Å². The van der Waals surface area contributed by atoms with Crippen molar-refractivity contribution in [3.8, 4) is 0 Å². The van der Waals surface area contributed by atoms with Crippen molar-refractivity contribution in [1.29, 1.82) is 0 Å². The highest BCUT2D eigenvalue weighted by Gasteiger charge is 2.30. The molecule has 1 aromatic heterocycles. The van der Waals surface area contributed by atoms with Crippen molar-refractivity contribution < 1.29 is 13.2 Å². The van der Waals surface area contributed by atoms with Gasteiger partial charge in [-0.3, -0.25) is 4.79 Å². The lowest BCUT2D eigenvalue weighted by atomic mass is 10.3. The third kappa shape index (κ3) is 4.12. The molecule has 3 rings (SSSR count). The summed E-state index contributed by atoms with van der Waals surface area (Å²) in [4.78, 5) is 14.0. The Morgan fingerprint density at radius 3 is 2.48 bits per heavy atom. The first kappa shape index (κ1) is 18.1. The first-order valence-electron chi connectivity index (χ1n) is 7.72. The van der Waals surface area contributed by atoms with Crippen LogP contribution in [0, 0.1) is 0 Å². The van der Waals surface area contributed by atoms with Gasteiger partial charge < -0.3 is 4.90 Å². The number of thiophene rings is 1. The summed E-state index contributed by atoms with van der Waals surface area (Å²) in [7, 11) is -3.64. The third-order valence-electron chi connectivity index (χ3n) is 3.97. The minimum Gasteiger partial charge on any atom is -0.337 e. The van der Waals surface area contributed by atoms with Crippen LogP contribution in [0.2, 0.25) is 5.02 Å². The van der Waals surface area contributed by atoms with E-state index in [4.69, 9.17) is 11.6 Å². The molecule has 1 amide bonds. The Kier molecular flexibility index (Phi) is 5.58. The van der Waals surface area contributed by atoms with E-state index in [0.717, 1.165) is 5.56 Å². The van der Waals surface area contributed by atoms with Crippen LogP contribution >= 0.6 is 22.9 Å². The summed E-state index contributed by atoms with van der Waals surface area (Å²) in [5.41, 5.74) is 0.985. The number of sulfonamides is 1. The number of rotatable bonds is 4. The van der Waals surface area contributed by atoms with Crippen LogP contribution < -0.4 is 0 Å². The molecule has 2 heterocycles. The summed E-state index contributed by atoms with van der Waals surface area (Å²) >= 11 is 7.59. The number of halogens is 1. The molecule has 1 fully saturated rings. The van der Waals surface area contributed by atoms with E-state index in [9.17, 15) is 13.2 Å². The van der Waals surface area contributed by atoms with Gasteiger partial charge in [-0.2, -0.15) is 15.6 Å². The standard InChI is InChI=1S/C17H17ClN2O3S2/c18-15-3-1-2-4-16(15)25(22,23)20-10-8-19(9-11-20)17(21)6-5-14-7-12-24-13-14/h1-7,12-13H,8-11H2/b6-5+. The second-order valence-electron chi connectivity index (χ2n) is 5.55. The number of piperazine rings is 1. The molecule has 1 aliphatic rings. The molecule has 132 valence electrons. The average Bonchev–Trinajstić information content (AvgIpc) is 3.13. The summed E-state index contributed by atoms with van der Waals surface area (Å²) in [5.74, 6) is -0.110. The largest absolute Gasteiger partial charge is 0.337 e. The van der Waals surface area contributed by atoms with Crippen molar-refractivity contribution in [2.45, 2.75) is 4.90 Å². The molecule has 0 spiro atoms. The number of nitrogens with zero attached hydrogens (tertiary/aromatic N) is 2. The van der Waals surface area contributed by atoms with Crippen LogP contribution in [0.4, 0.5) is 0 Å². The minimum absolute atomic E-state index is 0.105. The Labute approximate surface area is 156 Å². The first-order valence-corrected chi connectivity index (χ1v) is 10.5. The number of hydrogen-bond donors (Lipinski definition) is 0. The van der Waals surface area contributed by atoms with Gasteiger partial charge in [0, 0.05) is 32.3 Å². The van der Waals surface area contributed by atoms with Crippen LogP contribution in [0.5, 0.6) is 0 Å². The van der Waals surface area contributed by atoms with E-state index in [2.05, 4.69) is 0 Å². The monoisotopic (exact) mass is 396 g/mol. The normalized spacial score (nSPS) is 16.4. The Morgan fingerprint density at radius 1 is 1.12 bits per heavy atom. The molecule has 0 radical (unpaired) electrons. The third-order valence-corrected chi connectivity index (χ3v) is 7.07. The van der Waals surface area contributed by atoms with Crippen LogP contribution in [0.1, 0.15) is 5.56 Å². The zero-order valence-corrected chi connectivity index (χ0v) is 15.7. The Morgan fingerprint density at radius 2 is 1.84 bits per heavy atom. The lowest BCUT2D eigenvalue weighted by molar-refractivity contribution is -0.127. The number of carbonyl (C=O) groups excluding carboxylic acids is 1. The molecule has 1 aromatic carbocycles. The van der Waals surface area contributed by atoms with Gasteiger partial charge >= 0.3 is 0 Å². The molecule has 1 aliphatic heterocycles. The highest BCUT2D eigenvalue weighted by Crippen LogP contribution is 2.25. The van der Waals surface area contributed by atoms with Gasteiger partial charge in [-0.05, 0) is 40.6 Å². The highest BCUT2D eigenvalue weighted by atomic mass is 35.5. The maximum absolute atomic E-state index is 12.7. The maximum atomic E-state index is 12.7. The Hall–Kier alpha value is -1.67. The van der Waals surface area contributed by atoms with E-state index < -0.39 is 10.0 Å². The van der Waals surface area contributed by atoms with Gasteiger partial charge in [-0.25, -0.2) is 8.42 Å². The molecule has 0 atom stereocenters. The predicted molar refractivity (Wildman–Crippen MR) is 100 cm³/mol.